The zero-order valence-electron chi connectivity index (χ0n) is 16.8. The molecule has 28 heavy (non-hydrogen) atoms. The highest BCUT2D eigenvalue weighted by Gasteiger charge is 2.15. The molecule has 0 spiro atoms. The summed E-state index contributed by atoms with van der Waals surface area (Å²) >= 11 is 1.65. The first kappa shape index (κ1) is 22.3. The summed E-state index contributed by atoms with van der Waals surface area (Å²) in [6, 6.07) is 7.37. The van der Waals surface area contributed by atoms with Gasteiger partial charge < -0.3 is 10.6 Å². The summed E-state index contributed by atoms with van der Waals surface area (Å²) < 4.78 is 27.2. The highest BCUT2D eigenvalue weighted by atomic mass is 32.2. The first-order valence-corrected chi connectivity index (χ1v) is 11.8. The summed E-state index contributed by atoms with van der Waals surface area (Å²) in [6.07, 6.45) is 1.85. The van der Waals surface area contributed by atoms with Crippen LogP contribution in [0.25, 0.3) is 0 Å². The van der Waals surface area contributed by atoms with Crippen LogP contribution in [0.1, 0.15) is 41.8 Å². The predicted octanol–water partition coefficient (Wildman–Crippen LogP) is 2.53. The zero-order chi connectivity index (χ0) is 20.6. The van der Waals surface area contributed by atoms with Gasteiger partial charge in [0.25, 0.3) is 0 Å². The fourth-order valence-electron chi connectivity index (χ4n) is 2.61. The van der Waals surface area contributed by atoms with Gasteiger partial charge in [0.1, 0.15) is 5.01 Å². The molecule has 0 saturated carbocycles. The van der Waals surface area contributed by atoms with Crippen molar-refractivity contribution in [3.05, 3.63) is 51.5 Å². The summed E-state index contributed by atoms with van der Waals surface area (Å²) in [6.45, 7) is 9.37. The Bertz CT molecular complexity index is 891. The molecule has 154 valence electrons. The molecular formula is C19H29N5O2S2. The van der Waals surface area contributed by atoms with E-state index in [4.69, 9.17) is 0 Å². The van der Waals surface area contributed by atoms with E-state index in [0.29, 0.717) is 19.0 Å². The number of rotatable bonds is 9. The molecular weight excluding hydrogens is 394 g/mol. The van der Waals surface area contributed by atoms with Crippen LogP contribution < -0.4 is 15.4 Å². The highest BCUT2D eigenvalue weighted by Crippen LogP contribution is 2.14. The number of nitrogens with zero attached hydrogens (tertiary/aromatic N) is 2. The van der Waals surface area contributed by atoms with Gasteiger partial charge in [-0.15, -0.1) is 11.3 Å². The molecule has 0 aliphatic carbocycles. The van der Waals surface area contributed by atoms with Crippen molar-refractivity contribution < 1.29 is 8.42 Å². The third-order valence-electron chi connectivity index (χ3n) is 3.71. The molecule has 0 unspecified atom stereocenters. The molecule has 2 aromatic rings. The van der Waals surface area contributed by atoms with Gasteiger partial charge in [-0.05, 0) is 38.8 Å². The first-order chi connectivity index (χ1) is 13.3. The lowest BCUT2D eigenvalue weighted by atomic mass is 10.1. The SMILES string of the molecule is CCNC(=NCc1ccccc1CS(=O)(=O)NC(C)C)NCc1ncc(C)s1. The molecule has 9 heteroatoms. The average Bonchev–Trinajstić information content (AvgIpc) is 3.02. The Kier molecular flexibility index (Phi) is 8.40. The number of hydrogen-bond acceptors (Lipinski definition) is 5. The summed E-state index contributed by atoms with van der Waals surface area (Å²) in [4.78, 5) is 10.1. The van der Waals surface area contributed by atoms with E-state index >= 15 is 0 Å². The molecule has 3 N–H and O–H groups in total. The molecule has 7 nitrogen and oxygen atoms in total. The van der Waals surface area contributed by atoms with Crippen molar-refractivity contribution in [1.29, 1.82) is 0 Å². The summed E-state index contributed by atoms with van der Waals surface area (Å²) in [5.41, 5.74) is 1.64. The Morgan fingerprint density at radius 1 is 1.21 bits per heavy atom. The summed E-state index contributed by atoms with van der Waals surface area (Å²) in [7, 11) is -3.39. The van der Waals surface area contributed by atoms with Crippen molar-refractivity contribution in [2.45, 2.75) is 52.6 Å². The number of nitrogens with one attached hydrogen (secondary N) is 3. The quantitative estimate of drug-likeness (QED) is 0.425. The minimum Gasteiger partial charge on any atom is -0.357 e. The van der Waals surface area contributed by atoms with Gasteiger partial charge in [0, 0.05) is 23.7 Å². The average molecular weight is 424 g/mol. The molecule has 1 heterocycles. The fourth-order valence-corrected chi connectivity index (χ4v) is 4.83. The Labute approximate surface area is 171 Å². The molecule has 0 atom stereocenters. The van der Waals surface area contributed by atoms with Gasteiger partial charge >= 0.3 is 0 Å². The van der Waals surface area contributed by atoms with Gasteiger partial charge in [-0.25, -0.2) is 23.1 Å². The second kappa shape index (κ2) is 10.5. The molecule has 1 aromatic carbocycles. The van der Waals surface area contributed by atoms with E-state index < -0.39 is 10.0 Å². The van der Waals surface area contributed by atoms with Crippen LogP contribution in [0.3, 0.4) is 0 Å². The van der Waals surface area contributed by atoms with Crippen LogP contribution in [0.15, 0.2) is 35.5 Å². The minimum absolute atomic E-state index is 0.0563. The normalized spacial score (nSPS) is 12.4. The third-order valence-corrected chi connectivity index (χ3v) is 6.14. The maximum absolute atomic E-state index is 12.3. The van der Waals surface area contributed by atoms with E-state index in [0.717, 1.165) is 22.7 Å². The molecule has 2 rings (SSSR count). The van der Waals surface area contributed by atoms with Crippen molar-refractivity contribution in [3.8, 4) is 0 Å². The lowest BCUT2D eigenvalue weighted by molar-refractivity contribution is 0.569. The molecule has 0 radical (unpaired) electrons. The lowest BCUT2D eigenvalue weighted by Crippen LogP contribution is -2.36. The van der Waals surface area contributed by atoms with E-state index in [1.165, 1.54) is 4.88 Å². The number of hydrogen-bond donors (Lipinski definition) is 3. The van der Waals surface area contributed by atoms with E-state index in [1.54, 1.807) is 11.3 Å². The Morgan fingerprint density at radius 2 is 1.93 bits per heavy atom. The summed E-state index contributed by atoms with van der Waals surface area (Å²) in [5, 5.41) is 7.47. The molecule has 1 aromatic heterocycles. The van der Waals surface area contributed by atoms with Gasteiger partial charge in [-0.1, -0.05) is 24.3 Å². The largest absolute Gasteiger partial charge is 0.357 e. The van der Waals surface area contributed by atoms with E-state index in [1.807, 2.05) is 58.2 Å². The number of sulfonamides is 1. The number of aryl methyl sites for hydroxylation is 1. The van der Waals surface area contributed by atoms with Crippen LogP contribution in [-0.2, 0) is 28.9 Å². The Morgan fingerprint density at radius 3 is 2.54 bits per heavy atom. The van der Waals surface area contributed by atoms with Crippen molar-refractivity contribution in [3.63, 3.8) is 0 Å². The van der Waals surface area contributed by atoms with Crippen molar-refractivity contribution in [1.82, 2.24) is 20.3 Å². The Hall–Kier alpha value is -1.97. The monoisotopic (exact) mass is 423 g/mol. The van der Waals surface area contributed by atoms with E-state index in [-0.39, 0.29) is 11.8 Å². The smallest absolute Gasteiger partial charge is 0.216 e. The van der Waals surface area contributed by atoms with Crippen molar-refractivity contribution in [2.75, 3.05) is 6.54 Å². The zero-order valence-corrected chi connectivity index (χ0v) is 18.5. The minimum atomic E-state index is -3.39. The lowest BCUT2D eigenvalue weighted by Gasteiger charge is -2.13. The van der Waals surface area contributed by atoms with Crippen molar-refractivity contribution in [2.24, 2.45) is 4.99 Å². The molecule has 0 bridgehead atoms. The maximum atomic E-state index is 12.3. The van der Waals surface area contributed by atoms with Crippen LogP contribution in [0.4, 0.5) is 0 Å². The molecule has 0 fully saturated rings. The number of guanidine groups is 1. The highest BCUT2D eigenvalue weighted by molar-refractivity contribution is 7.88. The molecule has 0 saturated heterocycles. The van der Waals surface area contributed by atoms with Gasteiger partial charge in [0.2, 0.25) is 10.0 Å². The van der Waals surface area contributed by atoms with E-state index in [9.17, 15) is 8.42 Å². The van der Waals surface area contributed by atoms with Crippen LogP contribution in [0.5, 0.6) is 0 Å². The van der Waals surface area contributed by atoms with Crippen molar-refractivity contribution >= 4 is 27.3 Å². The van der Waals surface area contributed by atoms with Crippen LogP contribution in [0.2, 0.25) is 0 Å². The van der Waals surface area contributed by atoms with Gasteiger partial charge in [0.15, 0.2) is 5.96 Å². The summed E-state index contributed by atoms with van der Waals surface area (Å²) in [5.74, 6) is 0.618. The second-order valence-corrected chi connectivity index (χ2v) is 9.79. The number of aliphatic imine (C=N–C) groups is 1. The van der Waals surface area contributed by atoms with Crippen LogP contribution in [0, 0.1) is 6.92 Å². The van der Waals surface area contributed by atoms with Gasteiger partial charge in [-0.2, -0.15) is 0 Å². The second-order valence-electron chi connectivity index (χ2n) is 6.71. The van der Waals surface area contributed by atoms with Gasteiger partial charge in [-0.3, -0.25) is 0 Å². The standard InChI is InChI=1S/C19H29N5O2S2/c1-5-20-19(23-12-18-21-10-15(4)27-18)22-11-16-8-6-7-9-17(16)13-28(25,26)24-14(2)3/h6-10,14,24H,5,11-13H2,1-4H3,(H2,20,22,23). The van der Waals surface area contributed by atoms with Crippen LogP contribution >= 0.6 is 11.3 Å². The first-order valence-electron chi connectivity index (χ1n) is 9.29. The van der Waals surface area contributed by atoms with E-state index in [2.05, 4.69) is 25.3 Å². The third kappa shape index (κ3) is 7.57. The number of aromatic nitrogens is 1. The van der Waals surface area contributed by atoms with Gasteiger partial charge in [0.05, 0.1) is 18.8 Å². The molecule has 0 aliphatic rings. The topological polar surface area (TPSA) is 95.5 Å². The maximum Gasteiger partial charge on any atom is 0.216 e. The predicted molar refractivity (Wildman–Crippen MR) is 116 cm³/mol. The number of thiazole rings is 1. The molecule has 0 amide bonds. The molecule has 0 aliphatic heterocycles. The fraction of sp³-hybridized carbons (Fsp3) is 0.474. The number of benzene rings is 1. The Balaban J connectivity index is 2.09. The van der Waals surface area contributed by atoms with Crippen LogP contribution in [-0.4, -0.2) is 31.9 Å².